The summed E-state index contributed by atoms with van der Waals surface area (Å²) >= 11 is 0. The summed E-state index contributed by atoms with van der Waals surface area (Å²) in [5.41, 5.74) is 5.10. The predicted octanol–water partition coefficient (Wildman–Crippen LogP) is -0.935. The van der Waals surface area contributed by atoms with Gasteiger partial charge in [-0.15, -0.1) is 0 Å². The molecular weight excluding hydrogens is 170 g/mol. The monoisotopic (exact) mass is 178 g/mol. The largest absolute Gasteiger partial charge is 0.361 e. The molecule has 2 radical (unpaired) electrons. The molecule has 6 nitrogen and oxygen atoms in total. The topological polar surface area (TPSA) is 78.7 Å². The van der Waals surface area contributed by atoms with E-state index in [1.165, 1.54) is 12.2 Å². The van der Waals surface area contributed by atoms with Crippen molar-refractivity contribution >= 4 is 27.0 Å². The van der Waals surface area contributed by atoms with Crippen LogP contribution in [0.1, 0.15) is 0 Å². The molecule has 0 atom stereocenters. The number of amides is 4. The molecule has 4 amide bonds. The summed E-state index contributed by atoms with van der Waals surface area (Å²) in [5, 5.41) is 2.37. The van der Waals surface area contributed by atoms with E-state index < -0.39 is 12.1 Å². The Bertz CT molecular complexity index is 245. The Hall–Kier alpha value is -1.43. The van der Waals surface area contributed by atoms with Crippen LogP contribution in [0.15, 0.2) is 12.4 Å². The number of hydrogen-bond acceptors (Lipinski definition) is 3. The number of nitrogens with one attached hydrogen (secondary N) is 1. The molecule has 0 saturated carbocycles. The van der Waals surface area contributed by atoms with Crippen LogP contribution < -0.4 is 11.0 Å². The van der Waals surface area contributed by atoms with Gasteiger partial charge in [0.15, 0.2) is 0 Å². The quantitative estimate of drug-likeness (QED) is 0.535. The van der Waals surface area contributed by atoms with Crippen molar-refractivity contribution in [3.8, 4) is 0 Å². The fourth-order valence-corrected chi connectivity index (χ4v) is 0.960. The minimum Gasteiger partial charge on any atom is -0.353 e. The van der Waals surface area contributed by atoms with Crippen LogP contribution in [0, 0.1) is 0 Å². The first-order chi connectivity index (χ1) is 6.11. The normalized spacial score (nSPS) is 17.2. The van der Waals surface area contributed by atoms with Gasteiger partial charge >= 0.3 is 19.6 Å². The summed E-state index contributed by atoms with van der Waals surface area (Å²) in [7, 11) is 2.39. The zero-order valence-corrected chi connectivity index (χ0v) is 7.15. The lowest BCUT2D eigenvalue weighted by Crippen LogP contribution is -2.60. The number of nitrogens with zero attached hydrogens (tertiary/aromatic N) is 2. The molecule has 1 aliphatic heterocycles. The molecule has 1 rings (SSSR count). The average molecular weight is 178 g/mol. The van der Waals surface area contributed by atoms with Gasteiger partial charge in [-0.2, -0.15) is 0 Å². The molecule has 0 unspecified atom stereocenters. The molecular formula is C5H8B2N4O2. The highest BCUT2D eigenvalue weighted by molar-refractivity contribution is 6.44. The summed E-state index contributed by atoms with van der Waals surface area (Å²) in [6.45, 7) is 5.14. The molecule has 13 heavy (non-hydrogen) atoms. The Morgan fingerprint density at radius 3 is 2.54 bits per heavy atom. The van der Waals surface area contributed by atoms with E-state index in [9.17, 15) is 9.59 Å². The lowest BCUT2D eigenvalue weighted by Gasteiger charge is -2.34. The van der Waals surface area contributed by atoms with Crippen LogP contribution in [0.4, 0.5) is 9.59 Å². The number of carbonyl (C=O) groups excluding carboxylic acids is 2. The van der Waals surface area contributed by atoms with Gasteiger partial charge in [-0.1, -0.05) is 13.4 Å². The highest BCUT2D eigenvalue weighted by Crippen LogP contribution is 2.08. The van der Waals surface area contributed by atoms with Gasteiger partial charge < -0.3 is 10.5 Å². The van der Waals surface area contributed by atoms with Crippen molar-refractivity contribution in [3.63, 3.8) is 0 Å². The molecule has 8 heteroatoms. The van der Waals surface area contributed by atoms with Crippen molar-refractivity contribution in [1.82, 2.24) is 14.9 Å². The molecule has 0 aromatic rings. The van der Waals surface area contributed by atoms with Crippen molar-refractivity contribution in [2.75, 3.05) is 0 Å². The molecule has 0 spiro atoms. The van der Waals surface area contributed by atoms with Crippen LogP contribution >= 0.6 is 0 Å². The van der Waals surface area contributed by atoms with Crippen molar-refractivity contribution in [2.24, 2.45) is 5.64 Å². The van der Waals surface area contributed by atoms with Gasteiger partial charge in [0.05, 0.1) is 5.82 Å². The summed E-state index contributed by atoms with van der Waals surface area (Å²) in [5.74, 6) is 0.218. The average Bonchev–Trinajstić information content (AvgIpc) is 2.04. The van der Waals surface area contributed by atoms with Crippen molar-refractivity contribution < 1.29 is 9.59 Å². The van der Waals surface area contributed by atoms with E-state index >= 15 is 0 Å². The van der Waals surface area contributed by atoms with Crippen LogP contribution in [-0.2, 0) is 0 Å². The number of hydrogen-bond donors (Lipinski definition) is 2. The molecule has 0 aromatic heterocycles. The van der Waals surface area contributed by atoms with Crippen LogP contribution in [0.3, 0.4) is 0 Å². The zero-order valence-electron chi connectivity index (χ0n) is 7.15. The van der Waals surface area contributed by atoms with Gasteiger partial charge in [0.2, 0.25) is 0 Å². The second-order valence-corrected chi connectivity index (χ2v) is 2.31. The lowest BCUT2D eigenvalue weighted by molar-refractivity contribution is 0.189. The van der Waals surface area contributed by atoms with Crippen LogP contribution in [0.25, 0.3) is 0 Å². The number of rotatable bonds is 2. The molecule has 0 aliphatic carbocycles. The van der Waals surface area contributed by atoms with E-state index in [1.54, 1.807) is 6.82 Å². The first-order valence-electron chi connectivity index (χ1n) is 3.58. The Balaban J connectivity index is 2.87. The van der Waals surface area contributed by atoms with Crippen LogP contribution in [0.2, 0.25) is 6.82 Å². The van der Waals surface area contributed by atoms with E-state index in [2.05, 4.69) is 11.9 Å². The third-order valence-corrected chi connectivity index (χ3v) is 1.58. The van der Waals surface area contributed by atoms with Gasteiger partial charge in [-0.3, -0.25) is 14.9 Å². The van der Waals surface area contributed by atoms with E-state index in [0.29, 0.717) is 0 Å². The minimum absolute atomic E-state index is 0.218. The summed E-state index contributed by atoms with van der Waals surface area (Å²) in [6.07, 6.45) is 0. The number of nitrogens with two attached hydrogens (primary N) is 1. The molecule has 1 fully saturated rings. The SMILES string of the molecule is C=C1NC(=O)N([B]N)C(=O)N1[B]C. The molecule has 1 saturated heterocycles. The molecule has 66 valence electrons. The minimum atomic E-state index is -0.601. The van der Waals surface area contributed by atoms with E-state index in [1.807, 2.05) is 0 Å². The number of imide groups is 1. The third-order valence-electron chi connectivity index (χ3n) is 1.58. The standard InChI is InChI=1S/C5H8B2N4O2/c1-3-9-4(12)11(7-8)5(13)10(3)6-2/h1,8H2,2H3,(H,9,12). The maximum absolute atomic E-state index is 11.4. The summed E-state index contributed by atoms with van der Waals surface area (Å²) in [6, 6.07) is -1.14. The Labute approximate surface area is 77.3 Å². The maximum atomic E-state index is 11.4. The third kappa shape index (κ3) is 1.52. The highest BCUT2D eigenvalue weighted by Gasteiger charge is 2.32. The first-order valence-corrected chi connectivity index (χ1v) is 3.58. The number of urea groups is 2. The molecule has 0 bridgehead atoms. The molecule has 1 aliphatic rings. The number of carbonyl (C=O) groups is 2. The molecule has 1 heterocycles. The second-order valence-electron chi connectivity index (χ2n) is 2.31. The first kappa shape index (κ1) is 9.66. The van der Waals surface area contributed by atoms with Gasteiger partial charge in [-0.25, -0.2) is 4.79 Å². The van der Waals surface area contributed by atoms with E-state index in [-0.39, 0.29) is 5.82 Å². The van der Waals surface area contributed by atoms with E-state index in [4.69, 9.17) is 5.64 Å². The predicted molar refractivity (Wildman–Crippen MR) is 48.3 cm³/mol. The zero-order chi connectivity index (χ0) is 10.0. The van der Waals surface area contributed by atoms with Gasteiger partial charge in [0.1, 0.15) is 0 Å². The fraction of sp³-hybridized carbons (Fsp3) is 0.200. The Kier molecular flexibility index (Phi) is 2.62. The van der Waals surface area contributed by atoms with Gasteiger partial charge in [-0.05, 0) is 0 Å². The van der Waals surface area contributed by atoms with E-state index in [0.717, 1.165) is 12.4 Å². The van der Waals surface area contributed by atoms with Crippen molar-refractivity contribution in [1.29, 1.82) is 0 Å². The van der Waals surface area contributed by atoms with Gasteiger partial charge in [0, 0.05) is 0 Å². The second kappa shape index (κ2) is 3.53. The maximum Gasteiger partial charge on any atom is 0.361 e. The Morgan fingerprint density at radius 2 is 2.08 bits per heavy atom. The van der Waals surface area contributed by atoms with Crippen LogP contribution in [-0.4, -0.2) is 36.6 Å². The highest BCUT2D eigenvalue weighted by atomic mass is 16.2. The summed E-state index contributed by atoms with van der Waals surface area (Å²) in [4.78, 5) is 24.4. The van der Waals surface area contributed by atoms with Gasteiger partial charge in [0.25, 0.3) is 7.41 Å². The van der Waals surface area contributed by atoms with Crippen LogP contribution in [0.5, 0.6) is 0 Å². The smallest absolute Gasteiger partial charge is 0.353 e. The van der Waals surface area contributed by atoms with Crippen molar-refractivity contribution in [3.05, 3.63) is 12.4 Å². The lowest BCUT2D eigenvalue weighted by atomic mass is 9.95. The fourth-order valence-electron chi connectivity index (χ4n) is 0.960. The molecule has 3 N–H and O–H groups in total. The summed E-state index contributed by atoms with van der Waals surface area (Å²) < 4.78 is 0. The molecule has 0 aromatic carbocycles. The van der Waals surface area contributed by atoms with Crippen molar-refractivity contribution in [2.45, 2.75) is 6.82 Å². The Morgan fingerprint density at radius 1 is 1.46 bits per heavy atom.